The maximum absolute atomic E-state index is 12.1. The fourth-order valence-electron chi connectivity index (χ4n) is 1.87. The molecule has 1 aromatic carbocycles. The van der Waals surface area contributed by atoms with Gasteiger partial charge in [-0.3, -0.25) is 4.79 Å². The molecule has 3 aromatic rings. The molecule has 1 amide bonds. The second kappa shape index (κ2) is 5.82. The molecule has 0 radical (unpaired) electrons. The Balaban J connectivity index is 1.92. The van der Waals surface area contributed by atoms with Gasteiger partial charge in [0.15, 0.2) is 11.5 Å². The second-order valence-electron chi connectivity index (χ2n) is 4.32. The molecule has 0 aliphatic rings. The minimum absolute atomic E-state index is 0.0211. The number of aromatic nitrogens is 1. The van der Waals surface area contributed by atoms with Crippen molar-refractivity contribution in [2.24, 2.45) is 0 Å². The lowest BCUT2D eigenvalue weighted by Crippen LogP contribution is -2.11. The molecular formula is C15H10N2O4S. The van der Waals surface area contributed by atoms with Crippen molar-refractivity contribution >= 4 is 28.9 Å². The van der Waals surface area contributed by atoms with Crippen molar-refractivity contribution in [3.8, 4) is 10.6 Å². The van der Waals surface area contributed by atoms with Gasteiger partial charge in [-0.15, -0.1) is 11.3 Å². The number of benzene rings is 1. The normalized spacial score (nSPS) is 10.4. The summed E-state index contributed by atoms with van der Waals surface area (Å²) in [4.78, 5) is 27.0. The van der Waals surface area contributed by atoms with Crippen LogP contribution < -0.4 is 5.32 Å². The molecule has 0 bridgehead atoms. The predicted octanol–water partition coefficient (Wildman–Crippen LogP) is 3.35. The highest BCUT2D eigenvalue weighted by molar-refractivity contribution is 7.13. The van der Waals surface area contributed by atoms with Gasteiger partial charge in [-0.1, -0.05) is 12.1 Å². The van der Waals surface area contributed by atoms with Gasteiger partial charge in [0.05, 0.1) is 12.0 Å². The van der Waals surface area contributed by atoms with Crippen molar-refractivity contribution in [2.75, 3.05) is 5.32 Å². The van der Waals surface area contributed by atoms with Gasteiger partial charge in [-0.05, 0) is 24.3 Å². The van der Waals surface area contributed by atoms with Crippen LogP contribution in [0.2, 0.25) is 0 Å². The van der Waals surface area contributed by atoms with Crippen molar-refractivity contribution in [3.05, 3.63) is 59.5 Å². The molecule has 110 valence electrons. The molecule has 0 fully saturated rings. The molecule has 2 heterocycles. The van der Waals surface area contributed by atoms with E-state index in [4.69, 9.17) is 9.52 Å². The summed E-state index contributed by atoms with van der Waals surface area (Å²) in [5.41, 5.74) is 1.17. The Morgan fingerprint density at radius 3 is 2.68 bits per heavy atom. The molecule has 0 spiro atoms. The third kappa shape index (κ3) is 2.75. The number of carbonyl (C=O) groups excluding carboxylic acids is 1. The maximum Gasteiger partial charge on any atom is 0.355 e. The molecular weight excluding hydrogens is 304 g/mol. The number of aromatic carboxylic acids is 1. The number of para-hydroxylation sites is 1. The summed E-state index contributed by atoms with van der Waals surface area (Å²) in [6.45, 7) is 0. The van der Waals surface area contributed by atoms with E-state index in [0.29, 0.717) is 16.3 Å². The molecule has 3 rings (SSSR count). The molecule has 2 aromatic heterocycles. The lowest BCUT2D eigenvalue weighted by molar-refractivity contribution is 0.0691. The summed E-state index contributed by atoms with van der Waals surface area (Å²) in [6, 6.07) is 10.2. The lowest BCUT2D eigenvalue weighted by Gasteiger charge is -2.07. The molecule has 0 unspecified atom stereocenters. The van der Waals surface area contributed by atoms with E-state index in [0.717, 1.165) is 0 Å². The fraction of sp³-hybridized carbons (Fsp3) is 0. The van der Waals surface area contributed by atoms with Crippen molar-refractivity contribution in [3.63, 3.8) is 0 Å². The molecule has 2 N–H and O–H groups in total. The molecule has 0 aliphatic heterocycles. The van der Waals surface area contributed by atoms with Crippen molar-refractivity contribution < 1.29 is 19.1 Å². The standard InChI is InChI=1S/C15H10N2O4S/c18-13(12-6-3-7-21-12)16-10-5-2-1-4-9(10)14-17-11(8-22-14)15(19)20/h1-8H,(H,16,18)(H,19,20). The molecule has 22 heavy (non-hydrogen) atoms. The van der Waals surface area contributed by atoms with Crippen LogP contribution in [0.3, 0.4) is 0 Å². The Morgan fingerprint density at radius 1 is 1.18 bits per heavy atom. The average molecular weight is 314 g/mol. The number of thiazole rings is 1. The van der Waals surface area contributed by atoms with Crippen LogP contribution in [0.5, 0.6) is 0 Å². The smallest absolute Gasteiger partial charge is 0.355 e. The van der Waals surface area contributed by atoms with Crippen LogP contribution in [-0.2, 0) is 0 Å². The average Bonchev–Trinajstić information content (AvgIpc) is 3.19. The summed E-state index contributed by atoms with van der Waals surface area (Å²) in [5, 5.41) is 13.7. The first kappa shape index (κ1) is 14.0. The number of amides is 1. The molecule has 0 saturated carbocycles. The number of hydrogen-bond acceptors (Lipinski definition) is 5. The van der Waals surface area contributed by atoms with E-state index < -0.39 is 5.97 Å². The quantitative estimate of drug-likeness (QED) is 0.770. The number of nitrogens with zero attached hydrogens (tertiary/aromatic N) is 1. The summed E-state index contributed by atoms with van der Waals surface area (Å²) < 4.78 is 5.05. The first-order valence-electron chi connectivity index (χ1n) is 6.28. The second-order valence-corrected chi connectivity index (χ2v) is 5.18. The van der Waals surface area contributed by atoms with Crippen molar-refractivity contribution in [2.45, 2.75) is 0 Å². The summed E-state index contributed by atoms with van der Waals surface area (Å²) in [6.07, 6.45) is 1.42. The number of hydrogen-bond donors (Lipinski definition) is 2. The highest BCUT2D eigenvalue weighted by Crippen LogP contribution is 2.30. The van der Waals surface area contributed by atoms with Crippen molar-refractivity contribution in [1.82, 2.24) is 4.98 Å². The zero-order chi connectivity index (χ0) is 15.5. The monoisotopic (exact) mass is 314 g/mol. The van der Waals surface area contributed by atoms with Gasteiger partial charge in [0, 0.05) is 10.9 Å². The Labute approximate surface area is 129 Å². The topological polar surface area (TPSA) is 92.4 Å². The van der Waals surface area contributed by atoms with Gasteiger partial charge in [-0.25, -0.2) is 9.78 Å². The van der Waals surface area contributed by atoms with Crippen molar-refractivity contribution in [1.29, 1.82) is 0 Å². The Hall–Kier alpha value is -2.93. The fourth-order valence-corrected chi connectivity index (χ4v) is 2.70. The van der Waals surface area contributed by atoms with E-state index in [1.54, 1.807) is 36.4 Å². The summed E-state index contributed by atoms with van der Waals surface area (Å²) in [7, 11) is 0. The van der Waals surface area contributed by atoms with Gasteiger partial charge in [0.1, 0.15) is 5.01 Å². The van der Waals surface area contributed by atoms with E-state index in [9.17, 15) is 9.59 Å². The van der Waals surface area contributed by atoms with E-state index >= 15 is 0 Å². The number of anilines is 1. The molecule has 0 aliphatic carbocycles. The summed E-state index contributed by atoms with van der Waals surface area (Å²) in [5.74, 6) is -1.27. The lowest BCUT2D eigenvalue weighted by atomic mass is 10.2. The van der Waals surface area contributed by atoms with Crippen LogP contribution in [-0.4, -0.2) is 22.0 Å². The van der Waals surface area contributed by atoms with Gasteiger partial charge in [-0.2, -0.15) is 0 Å². The minimum atomic E-state index is -1.08. The SMILES string of the molecule is O=C(O)c1csc(-c2ccccc2NC(=O)c2ccco2)n1. The Morgan fingerprint density at radius 2 is 2.00 bits per heavy atom. The van der Waals surface area contributed by atoms with E-state index in [1.165, 1.54) is 23.0 Å². The van der Waals surface area contributed by atoms with Crippen LogP contribution in [0, 0.1) is 0 Å². The Kier molecular flexibility index (Phi) is 3.71. The highest BCUT2D eigenvalue weighted by Gasteiger charge is 2.15. The zero-order valence-corrected chi connectivity index (χ0v) is 12.0. The molecule has 0 atom stereocenters. The molecule has 7 heteroatoms. The van der Waals surface area contributed by atoms with Gasteiger partial charge in [0.2, 0.25) is 0 Å². The molecule has 0 saturated heterocycles. The van der Waals surface area contributed by atoms with Gasteiger partial charge in [0.25, 0.3) is 5.91 Å². The van der Waals surface area contributed by atoms with E-state index in [2.05, 4.69) is 10.3 Å². The number of carbonyl (C=O) groups is 2. The van der Waals surface area contributed by atoms with Crippen LogP contribution in [0.4, 0.5) is 5.69 Å². The van der Waals surface area contributed by atoms with E-state index in [1.807, 2.05) is 0 Å². The highest BCUT2D eigenvalue weighted by atomic mass is 32.1. The molecule has 6 nitrogen and oxygen atoms in total. The largest absolute Gasteiger partial charge is 0.476 e. The number of carboxylic acids is 1. The zero-order valence-electron chi connectivity index (χ0n) is 11.1. The third-order valence-electron chi connectivity index (χ3n) is 2.87. The minimum Gasteiger partial charge on any atom is -0.476 e. The number of rotatable bonds is 4. The maximum atomic E-state index is 12.1. The van der Waals surface area contributed by atoms with Gasteiger partial charge < -0.3 is 14.8 Å². The van der Waals surface area contributed by atoms with Crippen LogP contribution >= 0.6 is 11.3 Å². The number of furan rings is 1. The first-order valence-corrected chi connectivity index (χ1v) is 7.16. The van der Waals surface area contributed by atoms with Crippen LogP contribution in [0.25, 0.3) is 10.6 Å². The third-order valence-corrected chi connectivity index (χ3v) is 3.75. The van der Waals surface area contributed by atoms with Gasteiger partial charge >= 0.3 is 5.97 Å². The Bertz CT molecular complexity index is 824. The van der Waals surface area contributed by atoms with Crippen LogP contribution in [0.15, 0.2) is 52.5 Å². The number of nitrogens with one attached hydrogen (secondary N) is 1. The summed E-state index contributed by atoms with van der Waals surface area (Å²) >= 11 is 1.20. The van der Waals surface area contributed by atoms with E-state index in [-0.39, 0.29) is 17.4 Å². The first-order chi connectivity index (χ1) is 10.6. The predicted molar refractivity (Wildman–Crippen MR) is 81.2 cm³/mol. The number of carboxylic acid groups (broad SMARTS) is 1. The van der Waals surface area contributed by atoms with Crippen LogP contribution in [0.1, 0.15) is 21.0 Å².